The number of rotatable bonds is 8. The second-order valence-corrected chi connectivity index (χ2v) is 5.88. The quantitative estimate of drug-likeness (QED) is 0.638. The zero-order chi connectivity index (χ0) is 20.7. The Hall–Kier alpha value is -3.04. The third-order valence-electron chi connectivity index (χ3n) is 3.66. The Kier molecular flexibility index (Phi) is 7.02. The van der Waals surface area contributed by atoms with Crippen molar-refractivity contribution in [1.82, 2.24) is 14.7 Å². The van der Waals surface area contributed by atoms with E-state index in [0.717, 1.165) is 28.3 Å². The average molecular weight is 399 g/mol. The maximum absolute atomic E-state index is 12.5. The zero-order valence-corrected chi connectivity index (χ0v) is 15.4. The molecule has 0 bridgehead atoms. The van der Waals surface area contributed by atoms with Crippen LogP contribution in [0.25, 0.3) is 0 Å². The lowest BCUT2D eigenvalue weighted by Gasteiger charge is -2.17. The molecule has 0 radical (unpaired) electrons. The summed E-state index contributed by atoms with van der Waals surface area (Å²) in [5.41, 5.74) is -0.242. The van der Waals surface area contributed by atoms with E-state index in [-0.39, 0.29) is 0 Å². The van der Waals surface area contributed by atoms with Crippen LogP contribution in [0.4, 0.5) is 13.2 Å². The van der Waals surface area contributed by atoms with Gasteiger partial charge in [0.05, 0.1) is 6.61 Å². The fraction of sp³-hybridized carbons (Fsp3) is 0.389. The summed E-state index contributed by atoms with van der Waals surface area (Å²) in [6, 6.07) is 7.96. The summed E-state index contributed by atoms with van der Waals surface area (Å²) in [7, 11) is 1.55. The Bertz CT molecular complexity index is 803. The van der Waals surface area contributed by atoms with Crippen molar-refractivity contribution in [2.45, 2.75) is 26.2 Å². The lowest BCUT2D eigenvalue weighted by Crippen LogP contribution is -2.31. The molecule has 1 heterocycles. The topological polar surface area (TPSA) is 73.7 Å². The van der Waals surface area contributed by atoms with E-state index in [1.165, 1.54) is 4.90 Å². The number of amides is 1. The maximum atomic E-state index is 12.5. The predicted octanol–water partition coefficient (Wildman–Crippen LogP) is 2.50. The molecule has 2 aromatic rings. The molecule has 0 spiro atoms. The molecule has 10 heteroatoms. The van der Waals surface area contributed by atoms with Crippen LogP contribution in [0.1, 0.15) is 18.2 Å². The molecule has 0 saturated heterocycles. The van der Waals surface area contributed by atoms with Crippen LogP contribution < -0.4 is 4.74 Å². The van der Waals surface area contributed by atoms with E-state index in [1.54, 1.807) is 19.2 Å². The van der Waals surface area contributed by atoms with Gasteiger partial charge in [0.25, 0.3) is 5.91 Å². The van der Waals surface area contributed by atoms with E-state index in [2.05, 4.69) is 5.10 Å². The number of carbonyl (C=O) groups is 2. The van der Waals surface area contributed by atoms with E-state index in [4.69, 9.17) is 9.47 Å². The van der Waals surface area contributed by atoms with Crippen molar-refractivity contribution in [3.63, 3.8) is 0 Å². The highest BCUT2D eigenvalue weighted by atomic mass is 19.4. The van der Waals surface area contributed by atoms with Crippen LogP contribution in [0.3, 0.4) is 0 Å². The van der Waals surface area contributed by atoms with Gasteiger partial charge in [-0.2, -0.15) is 18.3 Å². The van der Waals surface area contributed by atoms with Gasteiger partial charge in [0.2, 0.25) is 0 Å². The summed E-state index contributed by atoms with van der Waals surface area (Å²) >= 11 is 0. The molecule has 152 valence electrons. The summed E-state index contributed by atoms with van der Waals surface area (Å²) < 4.78 is 48.4. The summed E-state index contributed by atoms with van der Waals surface area (Å²) in [5.74, 6) is -0.584. The van der Waals surface area contributed by atoms with Gasteiger partial charge in [-0.1, -0.05) is 12.1 Å². The van der Waals surface area contributed by atoms with Crippen molar-refractivity contribution < 1.29 is 32.2 Å². The van der Waals surface area contributed by atoms with E-state index in [9.17, 15) is 22.8 Å². The largest absolute Gasteiger partial charge is 0.494 e. The molecular formula is C18H20F3N3O4. The Labute approximate surface area is 159 Å². The van der Waals surface area contributed by atoms with Crippen molar-refractivity contribution in [2.75, 3.05) is 20.3 Å². The SMILES string of the molecule is CCOc1ccc(CN(C)C(=O)COC(=O)Cn2ccc(C(F)(F)F)n2)cc1. The van der Waals surface area contributed by atoms with E-state index >= 15 is 0 Å². The second-order valence-electron chi connectivity index (χ2n) is 5.88. The molecule has 2 rings (SSSR count). The molecule has 0 aliphatic rings. The number of hydrogen-bond donors (Lipinski definition) is 0. The first-order valence-electron chi connectivity index (χ1n) is 8.41. The van der Waals surface area contributed by atoms with Crippen molar-refractivity contribution in [3.8, 4) is 5.75 Å². The molecule has 0 saturated carbocycles. The second kappa shape index (κ2) is 9.25. The number of alkyl halides is 3. The number of ether oxygens (including phenoxy) is 2. The van der Waals surface area contributed by atoms with Crippen LogP contribution in [-0.2, 0) is 33.6 Å². The van der Waals surface area contributed by atoms with Crippen LogP contribution in [0.2, 0.25) is 0 Å². The summed E-state index contributed by atoms with van der Waals surface area (Å²) in [6.07, 6.45) is -3.57. The highest BCUT2D eigenvalue weighted by Gasteiger charge is 2.33. The summed E-state index contributed by atoms with van der Waals surface area (Å²) in [6.45, 7) is 1.70. The van der Waals surface area contributed by atoms with Crippen molar-refractivity contribution in [2.24, 2.45) is 0 Å². The summed E-state index contributed by atoms with van der Waals surface area (Å²) in [5, 5.41) is 3.25. The van der Waals surface area contributed by atoms with E-state index in [1.807, 2.05) is 19.1 Å². The monoisotopic (exact) mass is 399 g/mol. The number of nitrogens with zero attached hydrogens (tertiary/aromatic N) is 3. The minimum absolute atomic E-state index is 0.302. The predicted molar refractivity (Wildman–Crippen MR) is 92.3 cm³/mol. The van der Waals surface area contributed by atoms with Gasteiger partial charge in [-0.25, -0.2) is 0 Å². The Morgan fingerprint density at radius 3 is 2.43 bits per heavy atom. The Balaban J connectivity index is 1.78. The molecule has 0 N–H and O–H groups in total. The molecule has 28 heavy (non-hydrogen) atoms. The number of aromatic nitrogens is 2. The third kappa shape index (κ3) is 6.29. The lowest BCUT2D eigenvalue weighted by molar-refractivity contribution is -0.152. The third-order valence-corrected chi connectivity index (χ3v) is 3.66. The highest BCUT2D eigenvalue weighted by Crippen LogP contribution is 2.27. The number of carbonyl (C=O) groups excluding carboxylic acids is 2. The number of halogens is 3. The first kappa shape index (κ1) is 21.3. The minimum atomic E-state index is -4.59. The van der Waals surface area contributed by atoms with Crippen molar-refractivity contribution in [3.05, 3.63) is 47.8 Å². The van der Waals surface area contributed by atoms with Gasteiger partial charge in [-0.3, -0.25) is 14.3 Å². The average Bonchev–Trinajstić information content (AvgIpc) is 3.10. The molecule has 1 aromatic heterocycles. The number of esters is 1. The summed E-state index contributed by atoms with van der Waals surface area (Å²) in [4.78, 5) is 25.1. The van der Waals surface area contributed by atoms with Crippen molar-refractivity contribution in [1.29, 1.82) is 0 Å². The molecule has 0 fully saturated rings. The first-order valence-corrected chi connectivity index (χ1v) is 8.41. The van der Waals surface area contributed by atoms with Gasteiger partial charge in [0, 0.05) is 19.8 Å². The standard InChI is InChI=1S/C18H20F3N3O4/c1-3-27-14-6-4-13(5-7-14)10-23(2)16(25)12-28-17(26)11-24-9-8-15(22-24)18(19,20)21/h4-9H,3,10-12H2,1-2H3. The first-order chi connectivity index (χ1) is 13.2. The smallest absolute Gasteiger partial charge is 0.435 e. The van der Waals surface area contributed by atoms with Crippen LogP contribution in [-0.4, -0.2) is 46.8 Å². The normalized spacial score (nSPS) is 11.2. The van der Waals surface area contributed by atoms with E-state index < -0.39 is 36.9 Å². The highest BCUT2D eigenvalue weighted by molar-refractivity contribution is 5.80. The van der Waals surface area contributed by atoms with Crippen LogP contribution in [0.15, 0.2) is 36.5 Å². The number of benzene rings is 1. The molecule has 7 nitrogen and oxygen atoms in total. The van der Waals surface area contributed by atoms with Crippen LogP contribution >= 0.6 is 0 Å². The van der Waals surface area contributed by atoms with E-state index in [0.29, 0.717) is 13.2 Å². The maximum Gasteiger partial charge on any atom is 0.435 e. The van der Waals surface area contributed by atoms with Crippen LogP contribution in [0, 0.1) is 0 Å². The molecule has 1 aromatic carbocycles. The molecule has 0 aliphatic carbocycles. The van der Waals surface area contributed by atoms with Crippen LogP contribution in [0.5, 0.6) is 5.75 Å². The number of hydrogen-bond acceptors (Lipinski definition) is 5. The van der Waals surface area contributed by atoms with Gasteiger partial charge in [0.15, 0.2) is 12.3 Å². The van der Waals surface area contributed by atoms with Gasteiger partial charge < -0.3 is 14.4 Å². The molecule has 0 unspecified atom stereocenters. The Morgan fingerprint density at radius 2 is 1.86 bits per heavy atom. The molecular weight excluding hydrogens is 379 g/mol. The molecule has 0 atom stereocenters. The van der Waals surface area contributed by atoms with Gasteiger partial charge in [0.1, 0.15) is 12.3 Å². The minimum Gasteiger partial charge on any atom is -0.494 e. The zero-order valence-electron chi connectivity index (χ0n) is 15.4. The van der Waals surface area contributed by atoms with Crippen molar-refractivity contribution >= 4 is 11.9 Å². The Morgan fingerprint density at radius 1 is 1.18 bits per heavy atom. The van der Waals surface area contributed by atoms with Gasteiger partial charge in [-0.15, -0.1) is 0 Å². The molecule has 1 amide bonds. The molecule has 0 aliphatic heterocycles. The van der Waals surface area contributed by atoms with Gasteiger partial charge in [-0.05, 0) is 30.7 Å². The number of likely N-dealkylation sites (N-methyl/N-ethyl adjacent to an activating group) is 1. The fourth-order valence-electron chi connectivity index (χ4n) is 2.25. The van der Waals surface area contributed by atoms with Gasteiger partial charge >= 0.3 is 12.1 Å². The lowest BCUT2D eigenvalue weighted by atomic mass is 10.2. The fourth-order valence-corrected chi connectivity index (χ4v) is 2.25.